The summed E-state index contributed by atoms with van der Waals surface area (Å²) in [5.74, 6) is -0.484. The molecule has 0 radical (unpaired) electrons. The molecule has 1 saturated heterocycles. The summed E-state index contributed by atoms with van der Waals surface area (Å²) in [4.78, 5) is 27.7. The average Bonchev–Trinajstić information content (AvgIpc) is 3.25. The zero-order chi connectivity index (χ0) is 25.7. The van der Waals surface area contributed by atoms with Crippen LogP contribution in [-0.4, -0.2) is 49.2 Å². The molecule has 0 saturated carbocycles. The number of hydrogen-bond acceptors (Lipinski definition) is 6. The first-order chi connectivity index (χ1) is 17.3. The van der Waals surface area contributed by atoms with Crippen LogP contribution in [0, 0.1) is 0 Å². The van der Waals surface area contributed by atoms with Gasteiger partial charge in [0.25, 0.3) is 0 Å². The van der Waals surface area contributed by atoms with Crippen LogP contribution in [0.1, 0.15) is 57.1 Å². The minimum atomic E-state index is -0.568. The van der Waals surface area contributed by atoms with Crippen LogP contribution in [0.4, 0.5) is 0 Å². The maximum Gasteiger partial charge on any atom is 0.336 e. The van der Waals surface area contributed by atoms with E-state index >= 15 is 0 Å². The van der Waals surface area contributed by atoms with Gasteiger partial charge in [0.15, 0.2) is 0 Å². The van der Waals surface area contributed by atoms with Gasteiger partial charge in [0.1, 0.15) is 5.60 Å². The van der Waals surface area contributed by atoms with Crippen molar-refractivity contribution in [2.24, 2.45) is 0 Å². The second-order valence-corrected chi connectivity index (χ2v) is 10.0. The summed E-state index contributed by atoms with van der Waals surface area (Å²) in [5, 5.41) is 3.13. The molecule has 4 rings (SSSR count). The molecular weight excluding hydrogens is 452 g/mol. The molecule has 2 heterocycles. The van der Waals surface area contributed by atoms with E-state index < -0.39 is 11.6 Å². The largest absolute Gasteiger partial charge is 0.466 e. The van der Waals surface area contributed by atoms with Crippen LogP contribution in [0.15, 0.2) is 83.2 Å². The van der Waals surface area contributed by atoms with Gasteiger partial charge in [0.2, 0.25) is 0 Å². The summed E-state index contributed by atoms with van der Waals surface area (Å²) < 4.78 is 10.9. The Morgan fingerprint density at radius 2 is 1.50 bits per heavy atom. The fourth-order valence-electron chi connectivity index (χ4n) is 5.24. The molecule has 0 amide bonds. The molecule has 0 aliphatic carbocycles. The molecular formula is C30H36N2O4. The van der Waals surface area contributed by atoms with Gasteiger partial charge >= 0.3 is 11.9 Å². The number of allylic oxidation sites excluding steroid dienone is 2. The van der Waals surface area contributed by atoms with E-state index in [1.807, 2.05) is 20.8 Å². The predicted molar refractivity (Wildman–Crippen MR) is 140 cm³/mol. The molecule has 6 heteroatoms. The SMILES string of the molecule is COC(=O)C1=C(C)NC(C)=C(C(=O)O[C@]2(C)CCN(CCC(c3ccccc3)c3ccccc3)C2)C1. The number of esters is 2. The molecule has 2 aromatic rings. The van der Waals surface area contributed by atoms with Crippen molar-refractivity contribution in [1.82, 2.24) is 10.2 Å². The van der Waals surface area contributed by atoms with Crippen molar-refractivity contribution < 1.29 is 19.1 Å². The zero-order valence-corrected chi connectivity index (χ0v) is 21.7. The number of carbonyl (C=O) groups excluding carboxylic acids is 2. The lowest BCUT2D eigenvalue weighted by atomic mass is 9.88. The van der Waals surface area contributed by atoms with Gasteiger partial charge in [-0.3, -0.25) is 4.90 Å². The number of nitrogens with zero attached hydrogens (tertiary/aromatic N) is 1. The van der Waals surface area contributed by atoms with Crippen molar-refractivity contribution in [3.63, 3.8) is 0 Å². The molecule has 0 unspecified atom stereocenters. The fraction of sp³-hybridized carbons (Fsp3) is 0.400. The molecule has 0 aromatic heterocycles. The summed E-state index contributed by atoms with van der Waals surface area (Å²) in [5.41, 5.74) is 4.43. The number of methoxy groups -OCH3 is 1. The number of nitrogens with one attached hydrogen (secondary N) is 1. The monoisotopic (exact) mass is 488 g/mol. The Morgan fingerprint density at radius 3 is 2.06 bits per heavy atom. The van der Waals surface area contributed by atoms with Gasteiger partial charge in [-0.05, 0) is 44.9 Å². The molecule has 2 aliphatic heterocycles. The third-order valence-electron chi connectivity index (χ3n) is 7.30. The van der Waals surface area contributed by atoms with Crippen LogP contribution in [-0.2, 0) is 19.1 Å². The smallest absolute Gasteiger partial charge is 0.336 e. The standard InChI is InChI=1S/C30H36N2O4/c1-21-26(28(33)35-4)19-27(22(2)31-21)29(34)36-30(3)16-18-32(20-30)17-15-25(23-11-7-5-8-12-23)24-13-9-6-10-14-24/h5-14,25,31H,15-20H2,1-4H3/t30-/m1/s1. The van der Waals surface area contributed by atoms with Crippen molar-refractivity contribution in [3.8, 4) is 0 Å². The second kappa shape index (κ2) is 11.1. The molecule has 190 valence electrons. The van der Waals surface area contributed by atoms with Crippen LogP contribution in [0.3, 0.4) is 0 Å². The van der Waals surface area contributed by atoms with E-state index in [0.29, 0.717) is 29.3 Å². The van der Waals surface area contributed by atoms with Crippen LogP contribution in [0.2, 0.25) is 0 Å². The normalized spacial score (nSPS) is 20.5. The fourth-order valence-corrected chi connectivity index (χ4v) is 5.24. The summed E-state index contributed by atoms with van der Waals surface area (Å²) >= 11 is 0. The average molecular weight is 489 g/mol. The number of carbonyl (C=O) groups is 2. The number of ether oxygens (including phenoxy) is 2. The van der Waals surface area contributed by atoms with E-state index in [9.17, 15) is 9.59 Å². The topological polar surface area (TPSA) is 67.9 Å². The Morgan fingerprint density at radius 1 is 0.944 bits per heavy atom. The second-order valence-electron chi connectivity index (χ2n) is 10.0. The Kier molecular flexibility index (Phi) is 7.94. The highest BCUT2D eigenvalue weighted by Crippen LogP contribution is 2.32. The zero-order valence-electron chi connectivity index (χ0n) is 21.7. The number of benzene rings is 2. The number of dihydropyridines is 1. The molecule has 1 N–H and O–H groups in total. The van der Waals surface area contributed by atoms with E-state index in [4.69, 9.17) is 9.47 Å². The Balaban J connectivity index is 1.38. The maximum atomic E-state index is 13.2. The van der Waals surface area contributed by atoms with E-state index in [-0.39, 0.29) is 12.4 Å². The van der Waals surface area contributed by atoms with E-state index in [1.165, 1.54) is 18.2 Å². The number of hydrogen-bond donors (Lipinski definition) is 1. The van der Waals surface area contributed by atoms with Crippen molar-refractivity contribution in [2.45, 2.75) is 51.6 Å². The van der Waals surface area contributed by atoms with Crippen molar-refractivity contribution in [2.75, 3.05) is 26.7 Å². The number of rotatable bonds is 8. The van der Waals surface area contributed by atoms with Gasteiger partial charge in [-0.1, -0.05) is 60.7 Å². The highest BCUT2D eigenvalue weighted by Gasteiger charge is 2.39. The van der Waals surface area contributed by atoms with E-state index in [0.717, 1.165) is 31.6 Å². The summed E-state index contributed by atoms with van der Waals surface area (Å²) in [6.07, 6.45) is 1.98. The first-order valence-corrected chi connectivity index (χ1v) is 12.6. The third kappa shape index (κ3) is 5.88. The Bertz CT molecular complexity index is 1120. The molecule has 2 aliphatic rings. The maximum absolute atomic E-state index is 13.2. The predicted octanol–water partition coefficient (Wildman–Crippen LogP) is 4.93. The lowest BCUT2D eigenvalue weighted by molar-refractivity contribution is -0.152. The van der Waals surface area contributed by atoms with E-state index in [2.05, 4.69) is 70.9 Å². The van der Waals surface area contributed by atoms with E-state index in [1.54, 1.807) is 0 Å². The van der Waals surface area contributed by atoms with Crippen molar-refractivity contribution in [1.29, 1.82) is 0 Å². The van der Waals surface area contributed by atoms with Crippen LogP contribution >= 0.6 is 0 Å². The molecule has 36 heavy (non-hydrogen) atoms. The summed E-state index contributed by atoms with van der Waals surface area (Å²) in [7, 11) is 1.35. The van der Waals surface area contributed by atoms with Crippen molar-refractivity contribution >= 4 is 11.9 Å². The van der Waals surface area contributed by atoms with Crippen LogP contribution < -0.4 is 5.32 Å². The molecule has 1 atom stereocenters. The van der Waals surface area contributed by atoms with Gasteiger partial charge in [-0.25, -0.2) is 9.59 Å². The first-order valence-electron chi connectivity index (χ1n) is 12.6. The molecule has 0 bridgehead atoms. The summed E-state index contributed by atoms with van der Waals surface area (Å²) in [6, 6.07) is 21.3. The third-order valence-corrected chi connectivity index (χ3v) is 7.30. The lowest BCUT2D eigenvalue weighted by Crippen LogP contribution is -2.37. The quantitative estimate of drug-likeness (QED) is 0.532. The highest BCUT2D eigenvalue weighted by atomic mass is 16.6. The van der Waals surface area contributed by atoms with Gasteiger partial charge in [-0.2, -0.15) is 0 Å². The van der Waals surface area contributed by atoms with Gasteiger partial charge in [0, 0.05) is 43.2 Å². The van der Waals surface area contributed by atoms with Crippen molar-refractivity contribution in [3.05, 3.63) is 94.3 Å². The Hall–Kier alpha value is -3.38. The van der Waals surface area contributed by atoms with Crippen LogP contribution in [0.25, 0.3) is 0 Å². The minimum absolute atomic E-state index is 0.214. The van der Waals surface area contributed by atoms with Gasteiger partial charge in [-0.15, -0.1) is 0 Å². The number of likely N-dealkylation sites (tertiary alicyclic amines) is 1. The molecule has 1 fully saturated rings. The van der Waals surface area contributed by atoms with Crippen LogP contribution in [0.5, 0.6) is 0 Å². The molecule has 2 aromatic carbocycles. The lowest BCUT2D eigenvalue weighted by Gasteiger charge is -2.28. The van der Waals surface area contributed by atoms with Gasteiger partial charge < -0.3 is 14.8 Å². The summed E-state index contributed by atoms with van der Waals surface area (Å²) in [6.45, 7) is 8.14. The minimum Gasteiger partial charge on any atom is -0.466 e. The Labute approximate surface area is 214 Å². The first kappa shape index (κ1) is 25.7. The molecule has 0 spiro atoms. The highest BCUT2D eigenvalue weighted by molar-refractivity contribution is 5.96. The van der Waals surface area contributed by atoms with Gasteiger partial charge in [0.05, 0.1) is 18.3 Å². The molecule has 6 nitrogen and oxygen atoms in total.